The number of carbonyl (C=O) groups excluding carboxylic acids is 1. The molecule has 0 atom stereocenters. The standard InChI is InChI=1S/C25H29N3O2/c1-19-22(18-24(29)26-12-14-28-13-7-16-30-17-15-28)25(20-8-3-2-4-9-20)21-10-5-6-11-23(21)27-19/h2-6,8-11H,7,12-18H2,1H3,(H,26,29). The highest BCUT2D eigenvalue weighted by atomic mass is 16.5. The van der Waals surface area contributed by atoms with Crippen molar-refractivity contribution in [3.05, 3.63) is 65.9 Å². The molecule has 1 fully saturated rings. The van der Waals surface area contributed by atoms with Crippen LogP contribution >= 0.6 is 0 Å². The van der Waals surface area contributed by atoms with Gasteiger partial charge in [0.05, 0.1) is 18.5 Å². The number of ether oxygens (including phenoxy) is 1. The fraction of sp³-hybridized carbons (Fsp3) is 0.360. The van der Waals surface area contributed by atoms with Gasteiger partial charge in [0, 0.05) is 43.9 Å². The van der Waals surface area contributed by atoms with Gasteiger partial charge in [0.1, 0.15) is 0 Å². The molecule has 0 unspecified atom stereocenters. The number of benzene rings is 2. The molecule has 0 radical (unpaired) electrons. The first-order chi connectivity index (χ1) is 14.7. The molecule has 1 aromatic heterocycles. The van der Waals surface area contributed by atoms with Crippen LogP contribution < -0.4 is 5.32 Å². The minimum atomic E-state index is 0.0402. The van der Waals surface area contributed by atoms with Crippen LogP contribution in [-0.2, 0) is 16.0 Å². The molecular formula is C25H29N3O2. The van der Waals surface area contributed by atoms with Gasteiger partial charge in [-0.05, 0) is 36.1 Å². The number of aryl methyl sites for hydroxylation is 1. The second kappa shape index (κ2) is 9.83. The lowest BCUT2D eigenvalue weighted by molar-refractivity contribution is -0.120. The summed E-state index contributed by atoms with van der Waals surface area (Å²) >= 11 is 0. The van der Waals surface area contributed by atoms with Crippen LogP contribution in [0.15, 0.2) is 54.6 Å². The Morgan fingerprint density at radius 2 is 1.87 bits per heavy atom. The van der Waals surface area contributed by atoms with E-state index in [-0.39, 0.29) is 5.91 Å². The Balaban J connectivity index is 1.53. The quantitative estimate of drug-likeness (QED) is 0.683. The van der Waals surface area contributed by atoms with Gasteiger partial charge in [-0.15, -0.1) is 0 Å². The van der Waals surface area contributed by atoms with Crippen molar-refractivity contribution in [1.82, 2.24) is 15.2 Å². The molecule has 1 aliphatic heterocycles. The zero-order valence-electron chi connectivity index (χ0n) is 17.6. The summed E-state index contributed by atoms with van der Waals surface area (Å²) in [5.41, 5.74) is 5.10. The van der Waals surface area contributed by atoms with Crippen molar-refractivity contribution >= 4 is 16.8 Å². The molecule has 156 valence electrons. The van der Waals surface area contributed by atoms with Crippen molar-refractivity contribution < 1.29 is 9.53 Å². The number of aromatic nitrogens is 1. The largest absolute Gasteiger partial charge is 0.380 e. The van der Waals surface area contributed by atoms with Gasteiger partial charge in [-0.25, -0.2) is 0 Å². The van der Waals surface area contributed by atoms with Gasteiger partial charge < -0.3 is 10.1 Å². The highest BCUT2D eigenvalue weighted by Gasteiger charge is 2.17. The highest BCUT2D eigenvalue weighted by molar-refractivity contribution is 5.98. The molecule has 5 heteroatoms. The lowest BCUT2D eigenvalue weighted by atomic mass is 9.92. The lowest BCUT2D eigenvalue weighted by Gasteiger charge is -2.19. The average Bonchev–Trinajstić information content (AvgIpc) is 3.04. The third-order valence-electron chi connectivity index (χ3n) is 5.66. The molecule has 0 aliphatic carbocycles. The molecule has 1 saturated heterocycles. The maximum atomic E-state index is 12.8. The first-order valence-corrected chi connectivity index (χ1v) is 10.7. The van der Waals surface area contributed by atoms with E-state index in [1.54, 1.807) is 0 Å². The zero-order valence-corrected chi connectivity index (χ0v) is 17.6. The van der Waals surface area contributed by atoms with Crippen LogP contribution in [0.3, 0.4) is 0 Å². The van der Waals surface area contributed by atoms with Crippen LogP contribution in [0, 0.1) is 6.92 Å². The number of fused-ring (bicyclic) bond motifs is 1. The molecule has 5 nitrogen and oxygen atoms in total. The number of hydrogen-bond donors (Lipinski definition) is 1. The summed E-state index contributed by atoms with van der Waals surface area (Å²) in [6.45, 7) is 7.08. The minimum Gasteiger partial charge on any atom is -0.380 e. The Hall–Kier alpha value is -2.76. The van der Waals surface area contributed by atoms with Crippen LogP contribution in [0.25, 0.3) is 22.0 Å². The molecule has 2 aromatic carbocycles. The Kier molecular flexibility index (Phi) is 6.72. The summed E-state index contributed by atoms with van der Waals surface area (Å²) < 4.78 is 5.50. The number of rotatable bonds is 6. The summed E-state index contributed by atoms with van der Waals surface area (Å²) in [5.74, 6) is 0.0402. The molecule has 3 aromatic rings. The van der Waals surface area contributed by atoms with Gasteiger partial charge >= 0.3 is 0 Å². The van der Waals surface area contributed by atoms with Crippen molar-refractivity contribution in [2.24, 2.45) is 0 Å². The molecule has 0 saturated carbocycles. The number of carbonyl (C=O) groups is 1. The summed E-state index contributed by atoms with van der Waals surface area (Å²) in [5, 5.41) is 4.19. The second-order valence-electron chi connectivity index (χ2n) is 7.77. The molecule has 1 N–H and O–H groups in total. The molecule has 1 aliphatic rings. The number of pyridine rings is 1. The number of nitrogens with zero attached hydrogens (tertiary/aromatic N) is 2. The number of amides is 1. The SMILES string of the molecule is Cc1nc2ccccc2c(-c2ccccc2)c1CC(=O)NCCN1CCCOCC1. The third kappa shape index (κ3) is 4.86. The van der Waals surface area contributed by atoms with E-state index in [0.29, 0.717) is 13.0 Å². The Morgan fingerprint density at radius 3 is 2.73 bits per heavy atom. The predicted molar refractivity (Wildman–Crippen MR) is 121 cm³/mol. The summed E-state index contributed by atoms with van der Waals surface area (Å²) in [6, 6.07) is 18.4. The van der Waals surface area contributed by atoms with E-state index in [0.717, 1.165) is 72.6 Å². The summed E-state index contributed by atoms with van der Waals surface area (Å²) in [7, 11) is 0. The third-order valence-corrected chi connectivity index (χ3v) is 5.66. The number of nitrogens with one attached hydrogen (secondary N) is 1. The van der Waals surface area contributed by atoms with E-state index in [4.69, 9.17) is 9.72 Å². The molecule has 1 amide bonds. The van der Waals surface area contributed by atoms with Gasteiger partial charge in [0.15, 0.2) is 0 Å². The molecule has 30 heavy (non-hydrogen) atoms. The van der Waals surface area contributed by atoms with Crippen molar-refractivity contribution in [3.63, 3.8) is 0 Å². The number of para-hydroxylation sites is 1. The van der Waals surface area contributed by atoms with E-state index >= 15 is 0 Å². The van der Waals surface area contributed by atoms with Gasteiger partial charge in [-0.3, -0.25) is 14.7 Å². The fourth-order valence-corrected chi connectivity index (χ4v) is 4.12. The van der Waals surface area contributed by atoms with Crippen molar-refractivity contribution in [2.75, 3.05) is 39.4 Å². The van der Waals surface area contributed by atoms with Crippen LogP contribution in [0.2, 0.25) is 0 Å². The first kappa shape index (κ1) is 20.5. The topological polar surface area (TPSA) is 54.5 Å². The number of hydrogen-bond acceptors (Lipinski definition) is 4. The van der Waals surface area contributed by atoms with Crippen LogP contribution in [0.4, 0.5) is 0 Å². The van der Waals surface area contributed by atoms with Crippen molar-refractivity contribution in [1.29, 1.82) is 0 Å². The molecule has 4 rings (SSSR count). The van der Waals surface area contributed by atoms with E-state index < -0.39 is 0 Å². The van der Waals surface area contributed by atoms with Crippen molar-refractivity contribution in [3.8, 4) is 11.1 Å². The van der Waals surface area contributed by atoms with Gasteiger partial charge in [0.2, 0.25) is 5.91 Å². The lowest BCUT2D eigenvalue weighted by Crippen LogP contribution is -2.36. The maximum absolute atomic E-state index is 12.8. The van der Waals surface area contributed by atoms with E-state index in [1.165, 1.54) is 0 Å². The Bertz CT molecular complexity index is 996. The maximum Gasteiger partial charge on any atom is 0.224 e. The van der Waals surface area contributed by atoms with E-state index in [2.05, 4.69) is 28.4 Å². The highest BCUT2D eigenvalue weighted by Crippen LogP contribution is 2.33. The van der Waals surface area contributed by atoms with E-state index in [9.17, 15) is 4.79 Å². The van der Waals surface area contributed by atoms with Crippen molar-refractivity contribution in [2.45, 2.75) is 19.8 Å². The molecule has 0 spiro atoms. The summed E-state index contributed by atoms with van der Waals surface area (Å²) in [4.78, 5) is 19.9. The van der Waals surface area contributed by atoms with Crippen LogP contribution in [0.5, 0.6) is 0 Å². The molecule has 0 bridgehead atoms. The smallest absolute Gasteiger partial charge is 0.224 e. The Labute approximate surface area is 178 Å². The van der Waals surface area contributed by atoms with Crippen LogP contribution in [0.1, 0.15) is 17.7 Å². The second-order valence-corrected chi connectivity index (χ2v) is 7.77. The molecule has 2 heterocycles. The monoisotopic (exact) mass is 403 g/mol. The van der Waals surface area contributed by atoms with E-state index in [1.807, 2.05) is 43.3 Å². The normalized spacial score (nSPS) is 15.1. The van der Waals surface area contributed by atoms with Gasteiger partial charge in [0.25, 0.3) is 0 Å². The minimum absolute atomic E-state index is 0.0402. The zero-order chi connectivity index (χ0) is 20.8. The fourth-order valence-electron chi connectivity index (χ4n) is 4.12. The Morgan fingerprint density at radius 1 is 1.07 bits per heavy atom. The van der Waals surface area contributed by atoms with Crippen LogP contribution in [-0.4, -0.2) is 55.2 Å². The predicted octanol–water partition coefficient (Wildman–Crippen LogP) is 3.59. The van der Waals surface area contributed by atoms with Gasteiger partial charge in [-0.1, -0.05) is 48.5 Å². The first-order valence-electron chi connectivity index (χ1n) is 10.7. The average molecular weight is 404 g/mol. The van der Waals surface area contributed by atoms with Gasteiger partial charge in [-0.2, -0.15) is 0 Å². The summed E-state index contributed by atoms with van der Waals surface area (Å²) in [6.07, 6.45) is 1.38. The molecular weight excluding hydrogens is 374 g/mol.